The quantitative estimate of drug-likeness (QED) is 0.288. The molecule has 7 nitrogen and oxygen atoms in total. The van der Waals surface area contributed by atoms with Crippen molar-refractivity contribution in [3.8, 4) is 0 Å². The molecule has 8 heteroatoms. The summed E-state index contributed by atoms with van der Waals surface area (Å²) in [6, 6.07) is 15.4. The van der Waals surface area contributed by atoms with E-state index in [0.717, 1.165) is 87.6 Å². The number of fused-ring (bicyclic) bond motifs is 1. The van der Waals surface area contributed by atoms with Crippen molar-refractivity contribution in [2.45, 2.75) is 50.5 Å². The van der Waals surface area contributed by atoms with Gasteiger partial charge in [-0.25, -0.2) is 0 Å². The molecule has 1 aromatic heterocycles. The molecule has 0 radical (unpaired) electrons. The molecule has 3 aliphatic heterocycles. The summed E-state index contributed by atoms with van der Waals surface area (Å²) < 4.78 is 27.5. The number of aromatic nitrogens is 2. The van der Waals surface area contributed by atoms with Crippen molar-refractivity contribution in [2.75, 3.05) is 37.3 Å². The topological polar surface area (TPSA) is 64.6 Å². The zero-order chi connectivity index (χ0) is 23.7. The second-order valence-corrected chi connectivity index (χ2v) is 12.0. The number of hydrogen-bond acceptors (Lipinski definition) is 6. The molecule has 6 rings (SSSR count). The Kier molecular flexibility index (Phi) is 6.73. The molecule has 0 unspecified atom stereocenters. The number of nitrogens with zero attached hydrogens (tertiary/aromatic N) is 3. The molecule has 0 bridgehead atoms. The second-order valence-electron chi connectivity index (χ2n) is 9.85. The number of benzene rings is 2. The minimum atomic E-state index is -1.99. The Hall–Kier alpha value is -2.10. The minimum absolute atomic E-state index is 0.553. The maximum atomic E-state index is 5.91. The summed E-state index contributed by atoms with van der Waals surface area (Å²) in [5.74, 6) is 1.18. The summed E-state index contributed by atoms with van der Waals surface area (Å²) in [7, 11) is -1.99. The van der Waals surface area contributed by atoms with Crippen molar-refractivity contribution in [1.82, 2.24) is 9.78 Å². The first-order valence-electron chi connectivity index (χ1n) is 12.9. The summed E-state index contributed by atoms with van der Waals surface area (Å²) in [4.78, 5) is 1.09. The van der Waals surface area contributed by atoms with Gasteiger partial charge in [0, 0.05) is 44.9 Å². The third kappa shape index (κ3) is 4.82. The summed E-state index contributed by atoms with van der Waals surface area (Å²) in [6.45, 7) is 7.40. The van der Waals surface area contributed by atoms with Crippen molar-refractivity contribution < 1.29 is 18.1 Å². The van der Waals surface area contributed by atoms with Crippen LogP contribution in [-0.4, -0.2) is 42.8 Å². The highest BCUT2D eigenvalue weighted by atomic mass is 32.3. The lowest BCUT2D eigenvalue weighted by molar-refractivity contribution is 0.0605. The molecule has 35 heavy (non-hydrogen) atoms. The van der Waals surface area contributed by atoms with E-state index < -0.39 is 10.8 Å². The van der Waals surface area contributed by atoms with Crippen molar-refractivity contribution in [2.24, 2.45) is 11.8 Å². The molecule has 0 N–H and O–H groups in total. The molecule has 0 atom stereocenters. The third-order valence-corrected chi connectivity index (χ3v) is 9.75. The van der Waals surface area contributed by atoms with Crippen LogP contribution in [0.4, 0.5) is 5.69 Å². The molecule has 3 aliphatic rings. The van der Waals surface area contributed by atoms with Gasteiger partial charge in [0.25, 0.3) is 0 Å². The Morgan fingerprint density at radius 3 is 2.26 bits per heavy atom. The van der Waals surface area contributed by atoms with Gasteiger partial charge in [-0.2, -0.15) is 5.10 Å². The molecule has 3 fully saturated rings. The van der Waals surface area contributed by atoms with Gasteiger partial charge in [0.1, 0.15) is 0 Å². The summed E-state index contributed by atoms with van der Waals surface area (Å²) in [5, 5.41) is 5.86. The molecule has 3 aromatic rings. The molecule has 4 heterocycles. The number of hydrogen-bond donors (Lipinski definition) is 0. The minimum Gasteiger partial charge on any atom is -0.381 e. The first-order chi connectivity index (χ1) is 17.2. The normalized spacial score (nSPS) is 21.7. The summed E-state index contributed by atoms with van der Waals surface area (Å²) in [6.07, 6.45) is 7.35. The Bertz CT molecular complexity index is 1140. The highest BCUT2D eigenvalue weighted by Crippen LogP contribution is 2.74. The molecular formula is C27H35N3O4S. The molecule has 0 amide bonds. The van der Waals surface area contributed by atoms with E-state index in [2.05, 4.69) is 58.4 Å². The van der Waals surface area contributed by atoms with Gasteiger partial charge in [0.05, 0.1) is 22.3 Å². The number of anilines is 1. The number of aryl methyl sites for hydroxylation is 1. The van der Waals surface area contributed by atoms with Crippen LogP contribution in [0, 0.1) is 11.8 Å². The van der Waals surface area contributed by atoms with Crippen LogP contribution in [0.3, 0.4) is 0 Å². The van der Waals surface area contributed by atoms with Crippen LogP contribution >= 0.6 is 10.8 Å². The maximum absolute atomic E-state index is 5.91. The van der Waals surface area contributed by atoms with Crippen LogP contribution in [0.1, 0.15) is 38.2 Å². The number of ether oxygens (including phenoxy) is 2. The van der Waals surface area contributed by atoms with E-state index in [4.69, 9.17) is 23.2 Å². The fourth-order valence-electron chi connectivity index (χ4n) is 5.25. The van der Waals surface area contributed by atoms with Crippen LogP contribution in [0.25, 0.3) is 10.9 Å². The molecule has 188 valence electrons. The van der Waals surface area contributed by atoms with Crippen LogP contribution in [0.15, 0.2) is 53.6 Å². The Morgan fingerprint density at radius 2 is 1.60 bits per heavy atom. The van der Waals surface area contributed by atoms with Gasteiger partial charge in [-0.05, 0) is 90.6 Å². The molecule has 0 spiro atoms. The Balaban J connectivity index is 1.29. The zero-order valence-electron chi connectivity index (χ0n) is 20.4. The van der Waals surface area contributed by atoms with Gasteiger partial charge in [0.2, 0.25) is 0 Å². The average Bonchev–Trinajstić information content (AvgIpc) is 3.64. The Morgan fingerprint density at radius 1 is 0.914 bits per heavy atom. The standard InChI is InChI=1S/C27H35N3O4S/c1-2-21-3-5-25(6-4-21)30(20-23-11-15-32-16-12-23)35(33-34-35)26-7-8-27-24(17-26)18-28-29(27)19-22-9-13-31-14-10-22/h3-8,17-18,22-23H,2,9-16,19-20H2,1H3. The van der Waals surface area contributed by atoms with E-state index in [0.29, 0.717) is 11.8 Å². The van der Waals surface area contributed by atoms with Gasteiger partial charge in [-0.1, -0.05) is 27.7 Å². The molecule has 3 saturated heterocycles. The van der Waals surface area contributed by atoms with Gasteiger partial charge < -0.3 is 9.47 Å². The monoisotopic (exact) mass is 497 g/mol. The number of rotatable bonds is 8. The fraction of sp³-hybridized carbons (Fsp3) is 0.519. The molecular weight excluding hydrogens is 462 g/mol. The van der Waals surface area contributed by atoms with E-state index in [-0.39, 0.29) is 0 Å². The van der Waals surface area contributed by atoms with Crippen LogP contribution < -0.4 is 4.31 Å². The second kappa shape index (κ2) is 10.1. The lowest BCUT2D eigenvalue weighted by atomic mass is 10.0. The van der Waals surface area contributed by atoms with Crippen LogP contribution in [0.5, 0.6) is 0 Å². The van der Waals surface area contributed by atoms with Crippen molar-refractivity contribution >= 4 is 27.4 Å². The van der Waals surface area contributed by atoms with E-state index in [1.54, 1.807) is 0 Å². The lowest BCUT2D eigenvalue weighted by Crippen LogP contribution is -2.31. The van der Waals surface area contributed by atoms with Gasteiger partial charge in [-0.3, -0.25) is 8.99 Å². The summed E-state index contributed by atoms with van der Waals surface area (Å²) in [5.41, 5.74) is 3.65. The third-order valence-electron chi connectivity index (χ3n) is 7.57. The highest BCUT2D eigenvalue weighted by molar-refractivity contribution is 8.30. The maximum Gasteiger partial charge on any atom is 0.0875 e. The zero-order valence-corrected chi connectivity index (χ0v) is 21.3. The van der Waals surface area contributed by atoms with Crippen molar-refractivity contribution in [3.63, 3.8) is 0 Å². The smallest absolute Gasteiger partial charge is 0.0875 e. The lowest BCUT2D eigenvalue weighted by Gasteiger charge is -2.36. The van der Waals surface area contributed by atoms with Crippen LogP contribution in [-0.2, 0) is 31.1 Å². The average molecular weight is 498 g/mol. The first kappa shape index (κ1) is 23.3. The summed E-state index contributed by atoms with van der Waals surface area (Å²) >= 11 is 0. The van der Waals surface area contributed by atoms with E-state index in [9.17, 15) is 0 Å². The SMILES string of the molecule is CCc1ccc(N(CC2CCOCC2)S2(c3ccc4c(cnn4CC4CCOCC4)c3)OO2)cc1. The van der Waals surface area contributed by atoms with E-state index in [1.165, 1.54) is 11.1 Å². The molecule has 0 aliphatic carbocycles. The fourth-order valence-corrected chi connectivity index (χ4v) is 7.35. The van der Waals surface area contributed by atoms with Gasteiger partial charge in [-0.15, -0.1) is 0 Å². The van der Waals surface area contributed by atoms with E-state index in [1.807, 2.05) is 6.20 Å². The predicted octanol–water partition coefficient (Wildman–Crippen LogP) is 5.83. The van der Waals surface area contributed by atoms with E-state index >= 15 is 0 Å². The van der Waals surface area contributed by atoms with Crippen LogP contribution in [0.2, 0.25) is 0 Å². The highest BCUT2D eigenvalue weighted by Gasteiger charge is 2.48. The van der Waals surface area contributed by atoms with Crippen molar-refractivity contribution in [1.29, 1.82) is 0 Å². The predicted molar refractivity (Wildman–Crippen MR) is 138 cm³/mol. The van der Waals surface area contributed by atoms with Crippen molar-refractivity contribution in [3.05, 3.63) is 54.2 Å². The van der Waals surface area contributed by atoms with Gasteiger partial charge >= 0.3 is 0 Å². The van der Waals surface area contributed by atoms with Gasteiger partial charge in [0.15, 0.2) is 0 Å². The first-order valence-corrected chi connectivity index (χ1v) is 14.4. The molecule has 2 aromatic carbocycles. The molecule has 0 saturated carbocycles. The Labute approximate surface area is 209 Å². The largest absolute Gasteiger partial charge is 0.381 e.